The van der Waals surface area contributed by atoms with Gasteiger partial charge in [0, 0.05) is 36.1 Å². The molecule has 2 nitrogen and oxygen atoms in total. The molecule has 1 N–H and O–H groups in total. The van der Waals surface area contributed by atoms with Crippen LogP contribution in [0.25, 0.3) is 0 Å². The van der Waals surface area contributed by atoms with Crippen LogP contribution >= 0.6 is 11.8 Å². The normalized spacial score (nSPS) is 14.3. The summed E-state index contributed by atoms with van der Waals surface area (Å²) in [6.07, 6.45) is 2.09. The van der Waals surface area contributed by atoms with Crippen molar-refractivity contribution < 1.29 is 4.39 Å². The van der Waals surface area contributed by atoms with Crippen molar-refractivity contribution in [2.75, 3.05) is 31.0 Å². The van der Waals surface area contributed by atoms with Gasteiger partial charge in [-0.3, -0.25) is 0 Å². The summed E-state index contributed by atoms with van der Waals surface area (Å²) in [5.41, 5.74) is 1.72. The quantitative estimate of drug-likeness (QED) is 0.854. The van der Waals surface area contributed by atoms with Crippen molar-refractivity contribution in [2.45, 2.75) is 25.9 Å². The predicted octanol–water partition coefficient (Wildman–Crippen LogP) is 3.29. The van der Waals surface area contributed by atoms with E-state index in [1.807, 2.05) is 27.1 Å². The van der Waals surface area contributed by atoms with E-state index in [1.54, 1.807) is 17.8 Å². The maximum atomic E-state index is 14.0. The number of benzene rings is 1. The molecular formula is C14H23FN2S. The molecule has 0 saturated heterocycles. The van der Waals surface area contributed by atoms with Gasteiger partial charge in [0.2, 0.25) is 0 Å². The van der Waals surface area contributed by atoms with E-state index < -0.39 is 0 Å². The van der Waals surface area contributed by atoms with Crippen LogP contribution in [0.1, 0.15) is 25.5 Å². The summed E-state index contributed by atoms with van der Waals surface area (Å²) in [7, 11) is 3.88. The number of hydrogen-bond acceptors (Lipinski definition) is 3. The van der Waals surface area contributed by atoms with Crippen LogP contribution in [0.2, 0.25) is 0 Å². The third-order valence-corrected chi connectivity index (χ3v) is 4.16. The molecular weight excluding hydrogens is 247 g/mol. The number of thioether (sulfide) groups is 1. The van der Waals surface area contributed by atoms with E-state index in [1.165, 1.54) is 6.07 Å². The lowest BCUT2D eigenvalue weighted by molar-refractivity contribution is 0.559. The van der Waals surface area contributed by atoms with Gasteiger partial charge in [-0.1, -0.05) is 6.07 Å². The molecule has 0 saturated carbocycles. The Morgan fingerprint density at radius 2 is 2.06 bits per heavy atom. The molecule has 0 radical (unpaired) electrons. The van der Waals surface area contributed by atoms with Crippen molar-refractivity contribution in [3.8, 4) is 0 Å². The fraction of sp³-hybridized carbons (Fsp3) is 0.571. The second kappa shape index (κ2) is 7.00. The lowest BCUT2D eigenvalue weighted by atomic mass is 10.0. The van der Waals surface area contributed by atoms with Crippen molar-refractivity contribution in [1.82, 2.24) is 5.32 Å². The molecule has 0 aliphatic rings. The van der Waals surface area contributed by atoms with E-state index in [0.717, 1.165) is 17.0 Å². The highest BCUT2D eigenvalue weighted by molar-refractivity contribution is 7.98. The molecule has 0 bridgehead atoms. The SMILES string of the molecule is CNC(C)c1c(F)cccc1N(C)C(C)CSC. The van der Waals surface area contributed by atoms with Gasteiger partial charge in [-0.15, -0.1) is 0 Å². The van der Waals surface area contributed by atoms with Crippen molar-refractivity contribution in [3.05, 3.63) is 29.6 Å². The third-order valence-electron chi connectivity index (χ3n) is 3.34. The molecule has 0 fully saturated rings. The Hall–Kier alpha value is -0.740. The van der Waals surface area contributed by atoms with Gasteiger partial charge in [0.1, 0.15) is 5.82 Å². The van der Waals surface area contributed by atoms with Gasteiger partial charge < -0.3 is 10.2 Å². The molecule has 0 aliphatic carbocycles. The van der Waals surface area contributed by atoms with Crippen LogP contribution in [-0.4, -0.2) is 32.1 Å². The smallest absolute Gasteiger partial charge is 0.130 e. The molecule has 0 aromatic heterocycles. The largest absolute Gasteiger partial charge is 0.371 e. The fourth-order valence-electron chi connectivity index (χ4n) is 2.00. The molecule has 2 unspecified atom stereocenters. The summed E-state index contributed by atoms with van der Waals surface area (Å²) in [5, 5.41) is 3.12. The van der Waals surface area contributed by atoms with E-state index in [-0.39, 0.29) is 11.9 Å². The topological polar surface area (TPSA) is 15.3 Å². The monoisotopic (exact) mass is 270 g/mol. The van der Waals surface area contributed by atoms with Gasteiger partial charge in [0.25, 0.3) is 0 Å². The summed E-state index contributed by atoms with van der Waals surface area (Å²) >= 11 is 1.81. The summed E-state index contributed by atoms with van der Waals surface area (Å²) in [4.78, 5) is 2.16. The van der Waals surface area contributed by atoms with Crippen molar-refractivity contribution in [1.29, 1.82) is 0 Å². The minimum absolute atomic E-state index is 0.00475. The molecule has 18 heavy (non-hydrogen) atoms. The van der Waals surface area contributed by atoms with Gasteiger partial charge in [-0.05, 0) is 39.3 Å². The maximum Gasteiger partial charge on any atom is 0.130 e. The van der Waals surface area contributed by atoms with Crippen molar-refractivity contribution >= 4 is 17.4 Å². The number of nitrogens with zero attached hydrogens (tertiary/aromatic N) is 1. The highest BCUT2D eigenvalue weighted by Gasteiger charge is 2.19. The second-order valence-electron chi connectivity index (χ2n) is 4.60. The van der Waals surface area contributed by atoms with E-state index in [0.29, 0.717) is 6.04 Å². The zero-order valence-electron chi connectivity index (χ0n) is 11.8. The molecule has 1 aromatic rings. The summed E-state index contributed by atoms with van der Waals surface area (Å²) in [5.74, 6) is 0.887. The van der Waals surface area contributed by atoms with Crippen LogP contribution in [0.15, 0.2) is 18.2 Å². The summed E-state index contributed by atoms with van der Waals surface area (Å²) < 4.78 is 14.0. The van der Waals surface area contributed by atoms with Crippen molar-refractivity contribution in [3.63, 3.8) is 0 Å². The molecule has 0 amide bonds. The lowest BCUT2D eigenvalue weighted by Gasteiger charge is -2.30. The van der Waals surface area contributed by atoms with Crippen molar-refractivity contribution in [2.24, 2.45) is 0 Å². The molecule has 0 spiro atoms. The van der Waals surface area contributed by atoms with Gasteiger partial charge in [-0.25, -0.2) is 4.39 Å². The van der Waals surface area contributed by atoms with Gasteiger partial charge in [-0.2, -0.15) is 11.8 Å². The van der Waals surface area contributed by atoms with Crippen LogP contribution in [0, 0.1) is 5.82 Å². The first-order chi connectivity index (χ1) is 8.52. The molecule has 102 valence electrons. The van der Waals surface area contributed by atoms with Crippen LogP contribution < -0.4 is 10.2 Å². The fourth-order valence-corrected chi connectivity index (χ4v) is 2.70. The van der Waals surface area contributed by atoms with E-state index in [4.69, 9.17) is 0 Å². The lowest BCUT2D eigenvalue weighted by Crippen LogP contribution is -2.32. The number of nitrogens with one attached hydrogen (secondary N) is 1. The second-order valence-corrected chi connectivity index (χ2v) is 5.51. The summed E-state index contributed by atoms with van der Waals surface area (Å²) in [6, 6.07) is 5.68. The Morgan fingerprint density at radius 3 is 2.61 bits per heavy atom. The van der Waals surface area contributed by atoms with Crippen LogP contribution in [0.5, 0.6) is 0 Å². The average Bonchev–Trinajstić information content (AvgIpc) is 2.37. The summed E-state index contributed by atoms with van der Waals surface area (Å²) in [6.45, 7) is 4.14. The van der Waals surface area contributed by atoms with Gasteiger partial charge in [0.05, 0.1) is 0 Å². The van der Waals surface area contributed by atoms with Crippen LogP contribution in [0.4, 0.5) is 10.1 Å². The predicted molar refractivity (Wildman–Crippen MR) is 80.1 cm³/mol. The standard InChI is InChI=1S/C14H23FN2S/c1-10(9-18-5)17(4)13-8-6-7-12(15)14(13)11(2)16-3/h6-8,10-11,16H,9H2,1-5H3. The van der Waals surface area contributed by atoms with Crippen LogP contribution in [0.3, 0.4) is 0 Å². The minimum Gasteiger partial charge on any atom is -0.371 e. The zero-order valence-corrected chi connectivity index (χ0v) is 12.6. The number of hydrogen-bond donors (Lipinski definition) is 1. The molecule has 4 heteroatoms. The van der Waals surface area contributed by atoms with Crippen LogP contribution in [-0.2, 0) is 0 Å². The van der Waals surface area contributed by atoms with E-state index >= 15 is 0 Å². The van der Waals surface area contributed by atoms with Gasteiger partial charge >= 0.3 is 0 Å². The first-order valence-electron chi connectivity index (χ1n) is 6.20. The minimum atomic E-state index is -0.141. The molecule has 0 heterocycles. The Labute approximate surface area is 114 Å². The number of halogens is 1. The Morgan fingerprint density at radius 1 is 1.39 bits per heavy atom. The average molecular weight is 270 g/mol. The Kier molecular flexibility index (Phi) is 5.96. The van der Waals surface area contributed by atoms with E-state index in [9.17, 15) is 4.39 Å². The Balaban J connectivity index is 3.11. The molecule has 1 rings (SSSR count). The van der Waals surface area contributed by atoms with E-state index in [2.05, 4.69) is 23.4 Å². The first kappa shape index (κ1) is 15.3. The van der Waals surface area contributed by atoms with Gasteiger partial charge in [0.15, 0.2) is 0 Å². The maximum absolute atomic E-state index is 14.0. The first-order valence-corrected chi connectivity index (χ1v) is 7.59. The number of rotatable bonds is 6. The zero-order chi connectivity index (χ0) is 13.7. The molecule has 0 aliphatic heterocycles. The highest BCUT2D eigenvalue weighted by Crippen LogP contribution is 2.29. The number of anilines is 1. The highest BCUT2D eigenvalue weighted by atomic mass is 32.2. The Bertz CT molecular complexity index is 384. The third kappa shape index (κ3) is 3.39. The molecule has 1 aromatic carbocycles. The molecule has 2 atom stereocenters.